The van der Waals surface area contributed by atoms with E-state index in [1.165, 1.54) is 0 Å². The maximum absolute atomic E-state index is 12.5. The molecule has 0 saturated carbocycles. The molecule has 0 bridgehead atoms. The number of rotatable bonds is 5. The Balaban J connectivity index is 1.90. The first-order valence-corrected chi connectivity index (χ1v) is 9.53. The SMILES string of the molecule is Cc1ccc(C)c(OCC(=O)N2CCN(C(=O)C(C)(C)CCl)CC2)c1C. The van der Waals surface area contributed by atoms with Crippen LogP contribution in [0, 0.1) is 26.2 Å². The molecule has 1 aliphatic heterocycles. The zero-order chi connectivity index (χ0) is 19.5. The van der Waals surface area contributed by atoms with Gasteiger partial charge in [0.15, 0.2) is 6.61 Å². The Kier molecular flexibility index (Phi) is 6.56. The standard InChI is InChI=1S/C20H29ClN2O3/c1-14-6-7-15(2)18(16(14)3)26-12-17(24)22-8-10-23(11-9-22)19(25)20(4,5)13-21/h6-7H,8-13H2,1-5H3. The Bertz CT molecular complexity index is 680. The largest absolute Gasteiger partial charge is 0.483 e. The van der Waals surface area contributed by atoms with Crippen LogP contribution in [-0.2, 0) is 9.59 Å². The fourth-order valence-electron chi connectivity index (χ4n) is 3.02. The molecule has 0 radical (unpaired) electrons. The highest BCUT2D eigenvalue weighted by Crippen LogP contribution is 2.26. The quantitative estimate of drug-likeness (QED) is 0.738. The van der Waals surface area contributed by atoms with Gasteiger partial charge in [-0.1, -0.05) is 12.1 Å². The van der Waals surface area contributed by atoms with E-state index in [9.17, 15) is 9.59 Å². The number of hydrogen-bond acceptors (Lipinski definition) is 3. The molecule has 0 aromatic heterocycles. The van der Waals surface area contributed by atoms with Crippen molar-refractivity contribution in [2.45, 2.75) is 34.6 Å². The molecule has 26 heavy (non-hydrogen) atoms. The summed E-state index contributed by atoms with van der Waals surface area (Å²) >= 11 is 5.89. The Hall–Kier alpha value is -1.75. The summed E-state index contributed by atoms with van der Waals surface area (Å²) in [5, 5.41) is 0. The molecule has 1 aromatic rings. The summed E-state index contributed by atoms with van der Waals surface area (Å²) in [6, 6.07) is 4.06. The van der Waals surface area contributed by atoms with Crippen molar-refractivity contribution in [1.82, 2.24) is 9.80 Å². The molecule has 1 aliphatic rings. The number of carbonyl (C=O) groups is 2. The van der Waals surface area contributed by atoms with Crippen LogP contribution in [0.1, 0.15) is 30.5 Å². The van der Waals surface area contributed by atoms with Gasteiger partial charge < -0.3 is 14.5 Å². The van der Waals surface area contributed by atoms with Gasteiger partial charge in [-0.25, -0.2) is 0 Å². The summed E-state index contributed by atoms with van der Waals surface area (Å²) in [6.45, 7) is 11.9. The van der Waals surface area contributed by atoms with Gasteiger partial charge in [0.2, 0.25) is 5.91 Å². The van der Waals surface area contributed by atoms with Crippen molar-refractivity contribution in [3.05, 3.63) is 28.8 Å². The molecular formula is C20H29ClN2O3. The first-order chi connectivity index (χ1) is 12.2. The van der Waals surface area contributed by atoms with Crippen molar-refractivity contribution in [3.8, 4) is 5.75 Å². The van der Waals surface area contributed by atoms with E-state index in [0.717, 1.165) is 22.4 Å². The lowest BCUT2D eigenvalue weighted by atomic mass is 9.94. The summed E-state index contributed by atoms with van der Waals surface area (Å²) in [4.78, 5) is 28.5. The molecule has 0 spiro atoms. The number of aryl methyl sites for hydroxylation is 2. The van der Waals surface area contributed by atoms with Gasteiger partial charge in [-0.3, -0.25) is 9.59 Å². The molecule has 6 heteroatoms. The van der Waals surface area contributed by atoms with Crippen LogP contribution in [-0.4, -0.2) is 60.3 Å². The normalized spacial score (nSPS) is 15.2. The maximum atomic E-state index is 12.5. The first-order valence-electron chi connectivity index (χ1n) is 9.00. The second kappa shape index (κ2) is 8.30. The minimum atomic E-state index is -0.572. The van der Waals surface area contributed by atoms with Crippen molar-refractivity contribution >= 4 is 23.4 Å². The van der Waals surface area contributed by atoms with Crippen LogP contribution >= 0.6 is 11.6 Å². The molecule has 0 N–H and O–H groups in total. The van der Waals surface area contributed by atoms with Gasteiger partial charge in [0.05, 0.1) is 5.41 Å². The van der Waals surface area contributed by atoms with Crippen LogP contribution in [0.15, 0.2) is 12.1 Å². The van der Waals surface area contributed by atoms with E-state index in [1.54, 1.807) is 9.80 Å². The Morgan fingerprint density at radius 2 is 1.58 bits per heavy atom. The minimum Gasteiger partial charge on any atom is -0.483 e. The van der Waals surface area contributed by atoms with Crippen molar-refractivity contribution < 1.29 is 14.3 Å². The smallest absolute Gasteiger partial charge is 0.260 e. The van der Waals surface area contributed by atoms with Crippen LogP contribution in [0.4, 0.5) is 0 Å². The highest BCUT2D eigenvalue weighted by atomic mass is 35.5. The molecule has 5 nitrogen and oxygen atoms in total. The van der Waals surface area contributed by atoms with E-state index in [-0.39, 0.29) is 24.3 Å². The van der Waals surface area contributed by atoms with E-state index in [0.29, 0.717) is 26.2 Å². The first kappa shape index (κ1) is 20.6. The molecule has 1 saturated heterocycles. The summed E-state index contributed by atoms with van der Waals surface area (Å²) < 4.78 is 5.82. The summed E-state index contributed by atoms with van der Waals surface area (Å²) in [5.74, 6) is 1.07. The van der Waals surface area contributed by atoms with Crippen LogP contribution < -0.4 is 4.74 Å². The minimum absolute atomic E-state index is 0.0201. The topological polar surface area (TPSA) is 49.9 Å². The molecule has 1 fully saturated rings. The zero-order valence-corrected chi connectivity index (χ0v) is 17.2. The second-order valence-electron chi connectivity index (χ2n) is 7.63. The molecule has 2 amide bonds. The number of alkyl halides is 1. The third kappa shape index (κ3) is 4.50. The second-order valence-corrected chi connectivity index (χ2v) is 7.90. The Morgan fingerprint density at radius 1 is 1.04 bits per heavy atom. The van der Waals surface area contributed by atoms with Gasteiger partial charge in [-0.15, -0.1) is 11.6 Å². The molecule has 0 aliphatic carbocycles. The molecule has 1 heterocycles. The number of ether oxygens (including phenoxy) is 1. The fourth-order valence-corrected chi connectivity index (χ4v) is 3.13. The number of hydrogen-bond donors (Lipinski definition) is 0. The molecular weight excluding hydrogens is 352 g/mol. The van der Waals surface area contributed by atoms with Crippen LogP contribution in [0.3, 0.4) is 0 Å². The van der Waals surface area contributed by atoms with Crippen molar-refractivity contribution in [2.75, 3.05) is 38.7 Å². The molecule has 1 aromatic carbocycles. The molecule has 144 valence electrons. The number of carbonyl (C=O) groups excluding carboxylic acids is 2. The summed E-state index contributed by atoms with van der Waals surface area (Å²) in [5.41, 5.74) is 2.67. The fraction of sp³-hybridized carbons (Fsp3) is 0.600. The Labute approximate surface area is 161 Å². The lowest BCUT2D eigenvalue weighted by molar-refractivity contribution is -0.145. The van der Waals surface area contributed by atoms with Gasteiger partial charge >= 0.3 is 0 Å². The van der Waals surface area contributed by atoms with Crippen molar-refractivity contribution in [2.24, 2.45) is 5.41 Å². The predicted octanol–water partition coefficient (Wildman–Crippen LogP) is 2.93. The van der Waals surface area contributed by atoms with E-state index in [2.05, 4.69) is 6.07 Å². The third-order valence-corrected chi connectivity index (χ3v) is 5.71. The van der Waals surface area contributed by atoms with E-state index < -0.39 is 5.41 Å². The van der Waals surface area contributed by atoms with Crippen molar-refractivity contribution in [3.63, 3.8) is 0 Å². The number of benzene rings is 1. The van der Waals surface area contributed by atoms with Gasteiger partial charge in [0, 0.05) is 32.1 Å². The van der Waals surface area contributed by atoms with E-state index in [1.807, 2.05) is 40.7 Å². The third-order valence-electron chi connectivity index (χ3n) is 5.05. The lowest BCUT2D eigenvalue weighted by Crippen LogP contribution is -2.54. The monoisotopic (exact) mass is 380 g/mol. The number of piperazine rings is 1. The van der Waals surface area contributed by atoms with Gasteiger partial charge in [-0.2, -0.15) is 0 Å². The summed E-state index contributed by atoms with van der Waals surface area (Å²) in [6.07, 6.45) is 0. The highest BCUT2D eigenvalue weighted by molar-refractivity contribution is 6.19. The van der Waals surface area contributed by atoms with Gasteiger partial charge in [0.25, 0.3) is 5.91 Å². The predicted molar refractivity (Wildman–Crippen MR) is 104 cm³/mol. The molecule has 0 atom stereocenters. The molecule has 2 rings (SSSR count). The number of nitrogens with zero attached hydrogens (tertiary/aromatic N) is 2. The van der Waals surface area contributed by atoms with Crippen LogP contribution in [0.5, 0.6) is 5.75 Å². The maximum Gasteiger partial charge on any atom is 0.260 e. The van der Waals surface area contributed by atoms with Crippen molar-refractivity contribution in [1.29, 1.82) is 0 Å². The van der Waals surface area contributed by atoms with Crippen LogP contribution in [0.2, 0.25) is 0 Å². The van der Waals surface area contributed by atoms with Crippen LogP contribution in [0.25, 0.3) is 0 Å². The highest BCUT2D eigenvalue weighted by Gasteiger charge is 2.33. The van der Waals surface area contributed by atoms with Gasteiger partial charge in [-0.05, 0) is 51.3 Å². The zero-order valence-electron chi connectivity index (χ0n) is 16.4. The van der Waals surface area contributed by atoms with E-state index >= 15 is 0 Å². The van der Waals surface area contributed by atoms with E-state index in [4.69, 9.17) is 16.3 Å². The number of amides is 2. The number of halogens is 1. The Morgan fingerprint density at radius 3 is 2.15 bits per heavy atom. The van der Waals surface area contributed by atoms with Gasteiger partial charge in [0.1, 0.15) is 5.75 Å². The molecule has 0 unspecified atom stereocenters. The summed E-state index contributed by atoms with van der Waals surface area (Å²) in [7, 11) is 0. The average Bonchev–Trinajstić information content (AvgIpc) is 2.64. The lowest BCUT2D eigenvalue weighted by Gasteiger charge is -2.38. The average molecular weight is 381 g/mol.